The first kappa shape index (κ1) is 19.4. The van der Waals surface area contributed by atoms with Crippen LogP contribution in [0.3, 0.4) is 0 Å². The van der Waals surface area contributed by atoms with Crippen LogP contribution in [0.15, 0.2) is 59.4 Å². The van der Waals surface area contributed by atoms with E-state index >= 15 is 0 Å². The lowest BCUT2D eigenvalue weighted by molar-refractivity contribution is 0.0689. The molecule has 1 saturated heterocycles. The van der Waals surface area contributed by atoms with E-state index in [4.69, 9.17) is 0 Å². The van der Waals surface area contributed by atoms with E-state index in [1.165, 1.54) is 0 Å². The van der Waals surface area contributed by atoms with Crippen LogP contribution >= 0.6 is 0 Å². The van der Waals surface area contributed by atoms with Gasteiger partial charge in [-0.25, -0.2) is 4.68 Å². The number of fused-ring (bicyclic) bond motifs is 1. The van der Waals surface area contributed by atoms with Crippen LogP contribution in [-0.4, -0.2) is 33.7 Å². The van der Waals surface area contributed by atoms with Crippen molar-refractivity contribution in [2.24, 2.45) is 0 Å². The van der Waals surface area contributed by atoms with E-state index in [1.54, 1.807) is 10.7 Å². The average molecular weight is 389 g/mol. The summed E-state index contributed by atoms with van der Waals surface area (Å²) in [5, 5.41) is 6.69. The Kier molecular flexibility index (Phi) is 4.99. The summed E-state index contributed by atoms with van der Waals surface area (Å²) in [5.74, 6) is 0.0593. The van der Waals surface area contributed by atoms with Crippen LogP contribution in [0.5, 0.6) is 0 Å². The van der Waals surface area contributed by atoms with Gasteiger partial charge >= 0.3 is 0 Å². The van der Waals surface area contributed by atoms with Crippen LogP contribution in [0.25, 0.3) is 10.8 Å². The molecule has 0 aliphatic carbocycles. The van der Waals surface area contributed by atoms with E-state index in [0.29, 0.717) is 13.1 Å². The average Bonchev–Trinajstić information content (AvgIpc) is 2.72. The zero-order chi connectivity index (χ0) is 20.6. The van der Waals surface area contributed by atoms with Crippen LogP contribution in [-0.2, 0) is 5.41 Å². The van der Waals surface area contributed by atoms with Gasteiger partial charge in [-0.1, -0.05) is 57.2 Å². The molecular formula is C24H27N3O2. The van der Waals surface area contributed by atoms with Gasteiger partial charge in [-0.05, 0) is 35.7 Å². The minimum absolute atomic E-state index is 0.0290. The van der Waals surface area contributed by atoms with Gasteiger partial charge in [0.05, 0.1) is 11.7 Å². The van der Waals surface area contributed by atoms with Gasteiger partial charge in [0.25, 0.3) is 11.5 Å². The molecule has 5 heteroatoms. The monoisotopic (exact) mass is 389 g/mol. The van der Waals surface area contributed by atoms with Crippen molar-refractivity contribution in [3.63, 3.8) is 0 Å². The van der Waals surface area contributed by atoms with Gasteiger partial charge in [0.1, 0.15) is 0 Å². The number of rotatable bonds is 2. The molecule has 3 aromatic rings. The molecule has 2 heterocycles. The fourth-order valence-corrected chi connectivity index (χ4v) is 3.98. The maximum Gasteiger partial charge on any atom is 0.267 e. The van der Waals surface area contributed by atoms with E-state index < -0.39 is 0 Å². The Labute approximate surface area is 171 Å². The Morgan fingerprint density at radius 3 is 2.38 bits per heavy atom. The highest BCUT2D eigenvalue weighted by atomic mass is 16.2. The van der Waals surface area contributed by atoms with Crippen molar-refractivity contribution in [1.82, 2.24) is 14.7 Å². The van der Waals surface area contributed by atoms with Crippen molar-refractivity contribution in [2.45, 2.75) is 45.1 Å². The molecule has 1 fully saturated rings. The Morgan fingerprint density at radius 1 is 0.966 bits per heavy atom. The standard InChI is InChI=1S/C24H27N3O2/c1-24(2,3)21-11-12-22(28)27(25-21)18-13-15-26(16-14-18)23(29)20-10-6-8-17-7-4-5-9-19(17)20/h4-12,18H,13-16H2,1-3H3. The SMILES string of the molecule is CC(C)(C)c1ccc(=O)n(C2CCN(C(=O)c3cccc4ccccc34)CC2)n1. The fourth-order valence-electron chi connectivity index (χ4n) is 3.98. The van der Waals surface area contributed by atoms with E-state index in [-0.39, 0.29) is 22.9 Å². The van der Waals surface area contributed by atoms with E-state index in [9.17, 15) is 9.59 Å². The first-order chi connectivity index (χ1) is 13.8. The molecule has 1 aliphatic heterocycles. The summed E-state index contributed by atoms with van der Waals surface area (Å²) in [7, 11) is 0. The maximum atomic E-state index is 13.2. The highest BCUT2D eigenvalue weighted by Crippen LogP contribution is 2.26. The summed E-state index contributed by atoms with van der Waals surface area (Å²) in [6.07, 6.45) is 1.47. The molecule has 1 amide bonds. The summed E-state index contributed by atoms with van der Waals surface area (Å²) in [5.41, 5.74) is 1.47. The number of aromatic nitrogens is 2. The van der Waals surface area contributed by atoms with E-state index in [1.807, 2.05) is 53.4 Å². The van der Waals surface area contributed by atoms with Gasteiger partial charge in [-0.15, -0.1) is 0 Å². The molecule has 0 bridgehead atoms. The second-order valence-corrected chi connectivity index (χ2v) is 8.80. The van der Waals surface area contributed by atoms with Crippen molar-refractivity contribution in [2.75, 3.05) is 13.1 Å². The molecule has 29 heavy (non-hydrogen) atoms. The van der Waals surface area contributed by atoms with Crippen LogP contribution < -0.4 is 5.56 Å². The molecule has 150 valence electrons. The van der Waals surface area contributed by atoms with Gasteiger partial charge in [0.2, 0.25) is 0 Å². The lowest BCUT2D eigenvalue weighted by Crippen LogP contribution is -2.41. The number of hydrogen-bond acceptors (Lipinski definition) is 3. The molecule has 0 saturated carbocycles. The Bertz CT molecular complexity index is 1100. The van der Waals surface area contributed by atoms with Crippen molar-refractivity contribution >= 4 is 16.7 Å². The summed E-state index contributed by atoms with van der Waals surface area (Å²) in [4.78, 5) is 27.5. The number of hydrogen-bond donors (Lipinski definition) is 0. The molecule has 0 unspecified atom stereocenters. The Morgan fingerprint density at radius 2 is 1.66 bits per heavy atom. The predicted molar refractivity (Wildman–Crippen MR) is 115 cm³/mol. The zero-order valence-electron chi connectivity index (χ0n) is 17.3. The predicted octanol–water partition coefficient (Wildman–Crippen LogP) is 4.17. The van der Waals surface area contributed by atoms with E-state index in [2.05, 4.69) is 25.9 Å². The van der Waals surface area contributed by atoms with Gasteiger partial charge in [-0.3, -0.25) is 9.59 Å². The Balaban J connectivity index is 1.53. The second kappa shape index (κ2) is 7.47. The third-order valence-corrected chi connectivity index (χ3v) is 5.71. The van der Waals surface area contributed by atoms with Crippen molar-refractivity contribution in [3.05, 3.63) is 76.2 Å². The number of nitrogens with zero attached hydrogens (tertiary/aromatic N) is 3. The molecule has 0 N–H and O–H groups in total. The van der Waals surface area contributed by atoms with Crippen molar-refractivity contribution in [1.29, 1.82) is 0 Å². The quantitative estimate of drug-likeness (QED) is 0.661. The third kappa shape index (κ3) is 3.82. The molecule has 5 nitrogen and oxygen atoms in total. The zero-order valence-corrected chi connectivity index (χ0v) is 17.3. The molecule has 0 radical (unpaired) electrons. The summed E-state index contributed by atoms with van der Waals surface area (Å²) >= 11 is 0. The second-order valence-electron chi connectivity index (χ2n) is 8.80. The van der Waals surface area contributed by atoms with Gasteiger partial charge in [0.15, 0.2) is 0 Å². The molecular weight excluding hydrogens is 362 g/mol. The largest absolute Gasteiger partial charge is 0.338 e. The molecule has 1 aromatic heterocycles. The van der Waals surface area contributed by atoms with Crippen molar-refractivity contribution < 1.29 is 4.79 Å². The minimum atomic E-state index is -0.111. The number of amides is 1. The summed E-state index contributed by atoms with van der Waals surface area (Å²) in [6.45, 7) is 7.53. The molecule has 4 rings (SSSR count). The highest BCUT2D eigenvalue weighted by molar-refractivity contribution is 6.07. The first-order valence-corrected chi connectivity index (χ1v) is 10.2. The highest BCUT2D eigenvalue weighted by Gasteiger charge is 2.27. The smallest absolute Gasteiger partial charge is 0.267 e. The summed E-state index contributed by atoms with van der Waals surface area (Å²) < 4.78 is 1.63. The van der Waals surface area contributed by atoms with Crippen molar-refractivity contribution in [3.8, 4) is 0 Å². The van der Waals surface area contributed by atoms with Gasteiger partial charge < -0.3 is 4.90 Å². The lowest BCUT2D eigenvalue weighted by atomic mass is 9.92. The molecule has 0 spiro atoms. The molecule has 1 aliphatic rings. The van der Waals surface area contributed by atoms with Crippen LogP contribution in [0.1, 0.15) is 55.7 Å². The van der Waals surface area contributed by atoms with Gasteiger partial charge in [0, 0.05) is 30.1 Å². The third-order valence-electron chi connectivity index (χ3n) is 5.71. The van der Waals surface area contributed by atoms with Crippen LogP contribution in [0, 0.1) is 0 Å². The summed E-state index contributed by atoms with van der Waals surface area (Å²) in [6, 6.07) is 17.3. The normalized spacial score (nSPS) is 15.6. The number of carbonyl (C=O) groups is 1. The molecule has 2 aromatic carbocycles. The number of benzene rings is 2. The number of carbonyl (C=O) groups excluding carboxylic acids is 1. The number of likely N-dealkylation sites (tertiary alicyclic amines) is 1. The fraction of sp³-hybridized carbons (Fsp3) is 0.375. The Hall–Kier alpha value is -2.95. The maximum absolute atomic E-state index is 13.2. The molecule has 0 atom stereocenters. The van der Waals surface area contributed by atoms with E-state index in [0.717, 1.165) is 34.9 Å². The first-order valence-electron chi connectivity index (χ1n) is 10.2. The topological polar surface area (TPSA) is 55.2 Å². The van der Waals surface area contributed by atoms with Crippen LogP contribution in [0.4, 0.5) is 0 Å². The minimum Gasteiger partial charge on any atom is -0.338 e. The lowest BCUT2D eigenvalue weighted by Gasteiger charge is -2.33. The number of piperidine rings is 1. The van der Waals surface area contributed by atoms with Crippen LogP contribution in [0.2, 0.25) is 0 Å². The van der Waals surface area contributed by atoms with Gasteiger partial charge in [-0.2, -0.15) is 5.10 Å².